The van der Waals surface area contributed by atoms with Crippen LogP contribution in [0.5, 0.6) is 0 Å². The fraction of sp³-hybridized carbons (Fsp3) is 0.520. The Morgan fingerprint density at radius 2 is 1.94 bits per heavy atom. The summed E-state index contributed by atoms with van der Waals surface area (Å²) in [5.74, 6) is 1.02. The number of pyridine rings is 1. The van der Waals surface area contributed by atoms with Gasteiger partial charge in [0.1, 0.15) is 12.1 Å². The molecule has 172 valence electrons. The fourth-order valence-electron chi connectivity index (χ4n) is 5.86. The van der Waals surface area contributed by atoms with Gasteiger partial charge in [0.05, 0.1) is 17.6 Å². The first-order valence-electron chi connectivity index (χ1n) is 12.1. The summed E-state index contributed by atoms with van der Waals surface area (Å²) >= 11 is 0. The van der Waals surface area contributed by atoms with Crippen molar-refractivity contribution in [2.24, 2.45) is 5.41 Å². The smallest absolute Gasteiger partial charge is 0.297 e. The van der Waals surface area contributed by atoms with Gasteiger partial charge in [-0.25, -0.2) is 4.98 Å². The Balaban J connectivity index is 1.06. The molecule has 2 aliphatic heterocycles. The van der Waals surface area contributed by atoms with Crippen molar-refractivity contribution < 1.29 is 4.42 Å². The average molecular weight is 446 g/mol. The van der Waals surface area contributed by atoms with Gasteiger partial charge in [0, 0.05) is 74.9 Å². The van der Waals surface area contributed by atoms with Crippen LogP contribution in [0.25, 0.3) is 11.3 Å². The van der Waals surface area contributed by atoms with E-state index in [1.807, 2.05) is 18.5 Å². The lowest BCUT2D eigenvalue weighted by Gasteiger charge is -2.48. The number of anilines is 2. The van der Waals surface area contributed by atoms with E-state index in [0.29, 0.717) is 11.5 Å². The van der Waals surface area contributed by atoms with Crippen LogP contribution in [0.3, 0.4) is 0 Å². The Morgan fingerprint density at radius 1 is 1.06 bits per heavy atom. The summed E-state index contributed by atoms with van der Waals surface area (Å²) in [6, 6.07) is 5.57. The largest absolute Gasteiger partial charge is 0.432 e. The summed E-state index contributed by atoms with van der Waals surface area (Å²) in [5.41, 5.74) is 3.44. The molecule has 3 fully saturated rings. The normalized spacial score (nSPS) is 22.6. The van der Waals surface area contributed by atoms with E-state index in [1.165, 1.54) is 19.3 Å². The maximum Gasteiger partial charge on any atom is 0.297 e. The molecular weight excluding hydrogens is 414 g/mol. The summed E-state index contributed by atoms with van der Waals surface area (Å²) in [6.07, 6.45) is 13.8. The fourth-order valence-corrected chi connectivity index (χ4v) is 5.86. The monoisotopic (exact) mass is 445 g/mol. The number of rotatable bonds is 5. The Bertz CT molecular complexity index is 1090. The lowest BCUT2D eigenvalue weighted by atomic mass is 9.78. The number of oxazole rings is 1. The molecule has 33 heavy (non-hydrogen) atoms. The van der Waals surface area contributed by atoms with Crippen LogP contribution < -0.4 is 9.80 Å². The highest BCUT2D eigenvalue weighted by molar-refractivity contribution is 5.72. The minimum absolute atomic E-state index is 0.447. The second-order valence-electron chi connectivity index (χ2n) is 9.72. The molecule has 8 nitrogen and oxygen atoms in total. The van der Waals surface area contributed by atoms with Gasteiger partial charge in [0.25, 0.3) is 6.01 Å². The first-order valence-corrected chi connectivity index (χ1v) is 12.1. The molecule has 1 saturated carbocycles. The predicted octanol–water partition coefficient (Wildman–Crippen LogP) is 3.27. The van der Waals surface area contributed by atoms with Crippen molar-refractivity contribution in [3.8, 4) is 11.3 Å². The van der Waals surface area contributed by atoms with Crippen LogP contribution in [0.1, 0.15) is 31.9 Å². The molecule has 3 aromatic heterocycles. The van der Waals surface area contributed by atoms with Crippen LogP contribution in [0.15, 0.2) is 47.6 Å². The van der Waals surface area contributed by atoms with Gasteiger partial charge >= 0.3 is 0 Å². The number of nitrogens with zero attached hydrogens (tertiary/aromatic N) is 7. The summed E-state index contributed by atoms with van der Waals surface area (Å²) < 4.78 is 5.69. The second-order valence-corrected chi connectivity index (χ2v) is 9.72. The SMILES string of the molecule is CCc1coc(N2CC3(CC[C@@H](N4CCN(c5ncccc5-c5cnccn5)CC4)C3)C2)n1. The van der Waals surface area contributed by atoms with Crippen LogP contribution in [0.4, 0.5) is 11.8 Å². The standard InChI is InChI=1S/C25H31N7O/c1-2-19-16-33-24(29-19)32-17-25(18-32)6-5-20(14-25)30-10-12-31(13-11-30)23-21(4-3-7-28-23)22-15-26-8-9-27-22/h3-4,7-9,15-16,20H,2,5-6,10-14,17-18H2,1H3/t20-/m1/s1. The third-order valence-corrected chi connectivity index (χ3v) is 7.66. The molecule has 1 spiro atoms. The van der Waals surface area contributed by atoms with Crippen molar-refractivity contribution in [2.75, 3.05) is 49.1 Å². The Kier molecular flexibility index (Phi) is 5.25. The molecule has 2 saturated heterocycles. The Labute approximate surface area is 194 Å². The molecule has 0 bridgehead atoms. The molecule has 6 rings (SSSR count). The van der Waals surface area contributed by atoms with E-state index in [9.17, 15) is 0 Å². The number of hydrogen-bond acceptors (Lipinski definition) is 8. The first-order chi connectivity index (χ1) is 16.2. The van der Waals surface area contributed by atoms with Gasteiger partial charge in [-0.05, 0) is 37.8 Å². The van der Waals surface area contributed by atoms with Gasteiger partial charge in [0.15, 0.2) is 0 Å². The van der Waals surface area contributed by atoms with Crippen LogP contribution in [0.2, 0.25) is 0 Å². The summed E-state index contributed by atoms with van der Waals surface area (Å²) in [7, 11) is 0. The van der Waals surface area contributed by atoms with Crippen LogP contribution >= 0.6 is 0 Å². The van der Waals surface area contributed by atoms with E-state index in [-0.39, 0.29) is 0 Å². The predicted molar refractivity (Wildman–Crippen MR) is 127 cm³/mol. The van der Waals surface area contributed by atoms with E-state index in [4.69, 9.17) is 9.40 Å². The minimum Gasteiger partial charge on any atom is -0.432 e. The maximum atomic E-state index is 5.69. The average Bonchev–Trinajstić information content (AvgIpc) is 3.52. The van der Waals surface area contributed by atoms with E-state index in [2.05, 4.69) is 42.6 Å². The quantitative estimate of drug-likeness (QED) is 0.592. The molecular formula is C25H31N7O. The van der Waals surface area contributed by atoms with Gasteiger partial charge in [0.2, 0.25) is 0 Å². The van der Waals surface area contributed by atoms with Crippen molar-refractivity contribution in [1.29, 1.82) is 0 Å². The molecule has 5 heterocycles. The zero-order valence-electron chi connectivity index (χ0n) is 19.2. The molecule has 0 amide bonds. The molecule has 0 unspecified atom stereocenters. The van der Waals surface area contributed by atoms with Crippen LogP contribution in [0, 0.1) is 5.41 Å². The maximum absolute atomic E-state index is 5.69. The van der Waals surface area contributed by atoms with Gasteiger partial charge in [-0.2, -0.15) is 4.98 Å². The number of aryl methyl sites for hydroxylation is 1. The number of hydrogen-bond donors (Lipinski definition) is 0. The van der Waals surface area contributed by atoms with Crippen molar-refractivity contribution in [2.45, 2.75) is 38.6 Å². The molecule has 0 aromatic carbocycles. The van der Waals surface area contributed by atoms with Crippen LogP contribution in [-0.4, -0.2) is 70.1 Å². The van der Waals surface area contributed by atoms with Gasteiger partial charge in [-0.3, -0.25) is 14.9 Å². The van der Waals surface area contributed by atoms with Crippen molar-refractivity contribution in [1.82, 2.24) is 24.8 Å². The second kappa shape index (κ2) is 8.41. The summed E-state index contributed by atoms with van der Waals surface area (Å²) in [5, 5.41) is 0. The molecule has 1 aliphatic carbocycles. The lowest BCUT2D eigenvalue weighted by molar-refractivity contribution is 0.150. The molecule has 8 heteroatoms. The van der Waals surface area contributed by atoms with Crippen molar-refractivity contribution >= 4 is 11.8 Å². The first kappa shape index (κ1) is 20.6. The molecule has 0 radical (unpaired) electrons. The van der Waals surface area contributed by atoms with Gasteiger partial charge < -0.3 is 14.2 Å². The zero-order valence-corrected chi connectivity index (χ0v) is 19.2. The van der Waals surface area contributed by atoms with Crippen molar-refractivity contribution in [3.05, 3.63) is 48.9 Å². The molecule has 3 aromatic rings. The van der Waals surface area contributed by atoms with E-state index in [1.54, 1.807) is 18.7 Å². The highest BCUT2D eigenvalue weighted by atomic mass is 16.4. The van der Waals surface area contributed by atoms with Gasteiger partial charge in [-0.1, -0.05) is 6.92 Å². The summed E-state index contributed by atoms with van der Waals surface area (Å²) in [4.78, 5) is 25.5. The number of piperazine rings is 1. The third kappa shape index (κ3) is 3.86. The highest BCUT2D eigenvalue weighted by Gasteiger charge is 2.50. The topological polar surface area (TPSA) is 74.4 Å². The molecule has 0 N–H and O–H groups in total. The van der Waals surface area contributed by atoms with Crippen molar-refractivity contribution in [3.63, 3.8) is 0 Å². The van der Waals surface area contributed by atoms with E-state index in [0.717, 1.165) is 74.5 Å². The van der Waals surface area contributed by atoms with Gasteiger partial charge in [-0.15, -0.1) is 0 Å². The lowest BCUT2D eigenvalue weighted by Crippen LogP contribution is -2.56. The third-order valence-electron chi connectivity index (χ3n) is 7.66. The Morgan fingerprint density at radius 3 is 2.70 bits per heavy atom. The van der Waals surface area contributed by atoms with E-state index >= 15 is 0 Å². The number of aromatic nitrogens is 4. The van der Waals surface area contributed by atoms with Crippen LogP contribution in [-0.2, 0) is 6.42 Å². The summed E-state index contributed by atoms with van der Waals surface area (Å²) in [6.45, 7) is 8.45. The van der Waals surface area contributed by atoms with E-state index < -0.39 is 0 Å². The molecule has 3 aliphatic rings. The Hall–Kier alpha value is -3.00. The molecule has 1 atom stereocenters. The minimum atomic E-state index is 0.447. The highest BCUT2D eigenvalue weighted by Crippen LogP contribution is 2.48. The zero-order chi connectivity index (χ0) is 22.3.